The third kappa shape index (κ3) is 1.52. The summed E-state index contributed by atoms with van der Waals surface area (Å²) in [6, 6.07) is 6.98. The number of halogens is 1. The molecule has 1 aliphatic rings. The van der Waals surface area contributed by atoms with Gasteiger partial charge in [0.2, 0.25) is 5.67 Å². The molecule has 15 heavy (non-hydrogen) atoms. The average Bonchev–Trinajstić information content (AvgIpc) is 2.50. The Morgan fingerprint density at radius 3 is 2.87 bits per heavy atom. The number of alkyl halides is 1. The molecule has 1 atom stereocenters. The van der Waals surface area contributed by atoms with Crippen molar-refractivity contribution in [1.82, 2.24) is 0 Å². The predicted molar refractivity (Wildman–Crippen MR) is 57.4 cm³/mol. The van der Waals surface area contributed by atoms with Crippen LogP contribution in [0.25, 0.3) is 0 Å². The van der Waals surface area contributed by atoms with Gasteiger partial charge in [-0.2, -0.15) is 0 Å². The van der Waals surface area contributed by atoms with Crippen LogP contribution in [0.4, 0.5) is 10.1 Å². The zero-order chi connectivity index (χ0) is 10.9. The van der Waals surface area contributed by atoms with Gasteiger partial charge in [0.25, 0.3) is 5.91 Å². The van der Waals surface area contributed by atoms with Gasteiger partial charge in [-0.1, -0.05) is 31.5 Å². The molecule has 1 aliphatic heterocycles. The second-order valence-corrected chi connectivity index (χ2v) is 3.90. The van der Waals surface area contributed by atoms with Crippen LogP contribution in [0.1, 0.15) is 31.7 Å². The third-order valence-corrected chi connectivity index (χ3v) is 2.84. The second-order valence-electron chi connectivity index (χ2n) is 3.90. The molecule has 1 heterocycles. The van der Waals surface area contributed by atoms with Crippen LogP contribution in [0.15, 0.2) is 24.3 Å². The lowest BCUT2D eigenvalue weighted by Crippen LogP contribution is -2.29. The van der Waals surface area contributed by atoms with E-state index in [4.69, 9.17) is 0 Å². The van der Waals surface area contributed by atoms with Crippen molar-refractivity contribution in [3.8, 4) is 0 Å². The summed E-state index contributed by atoms with van der Waals surface area (Å²) in [4.78, 5) is 11.6. The maximum atomic E-state index is 14.5. The number of nitrogens with one attached hydrogen (secondary N) is 1. The van der Waals surface area contributed by atoms with Crippen molar-refractivity contribution in [3.05, 3.63) is 29.8 Å². The van der Waals surface area contributed by atoms with E-state index in [9.17, 15) is 9.18 Å². The van der Waals surface area contributed by atoms with Gasteiger partial charge in [0.05, 0.1) is 0 Å². The first-order chi connectivity index (χ1) is 7.18. The molecule has 3 heteroatoms. The van der Waals surface area contributed by atoms with Gasteiger partial charge in [0, 0.05) is 11.3 Å². The normalized spacial score (nSPS) is 23.7. The summed E-state index contributed by atoms with van der Waals surface area (Å²) in [5.41, 5.74) is -0.711. The van der Waals surface area contributed by atoms with Gasteiger partial charge in [0.15, 0.2) is 0 Å². The lowest BCUT2D eigenvalue weighted by Gasteiger charge is -2.16. The Kier molecular flexibility index (Phi) is 2.47. The Morgan fingerprint density at radius 2 is 2.13 bits per heavy atom. The fraction of sp³-hybridized carbons (Fsp3) is 0.417. The van der Waals surface area contributed by atoms with Crippen LogP contribution in [0.5, 0.6) is 0 Å². The van der Waals surface area contributed by atoms with Crippen molar-refractivity contribution in [2.24, 2.45) is 0 Å². The minimum Gasteiger partial charge on any atom is -0.323 e. The van der Waals surface area contributed by atoms with Gasteiger partial charge in [-0.15, -0.1) is 0 Å². The van der Waals surface area contributed by atoms with E-state index in [1.54, 1.807) is 24.3 Å². The zero-order valence-corrected chi connectivity index (χ0v) is 8.72. The smallest absolute Gasteiger partial charge is 0.266 e. The highest BCUT2D eigenvalue weighted by Gasteiger charge is 2.46. The van der Waals surface area contributed by atoms with Crippen LogP contribution in [-0.4, -0.2) is 5.91 Å². The summed E-state index contributed by atoms with van der Waals surface area (Å²) >= 11 is 0. The SMILES string of the molecule is CCCCC1(F)C(=O)Nc2ccccc21. The first kappa shape index (κ1) is 10.1. The van der Waals surface area contributed by atoms with Crippen molar-refractivity contribution < 1.29 is 9.18 Å². The number of unbranched alkanes of at least 4 members (excludes halogenated alkanes) is 1. The fourth-order valence-corrected chi connectivity index (χ4v) is 1.95. The van der Waals surface area contributed by atoms with Crippen molar-refractivity contribution in [1.29, 1.82) is 0 Å². The maximum absolute atomic E-state index is 14.5. The molecule has 0 saturated heterocycles. The van der Waals surface area contributed by atoms with Crippen LogP contribution < -0.4 is 5.32 Å². The molecule has 1 aromatic carbocycles. The van der Waals surface area contributed by atoms with Gasteiger partial charge in [-0.3, -0.25) is 4.79 Å². The predicted octanol–water partition coefficient (Wildman–Crippen LogP) is 2.99. The Morgan fingerprint density at radius 1 is 1.40 bits per heavy atom. The molecule has 0 aromatic heterocycles. The molecule has 1 unspecified atom stereocenters. The minimum atomic E-state index is -1.81. The molecular weight excluding hydrogens is 193 g/mol. The second kappa shape index (κ2) is 3.65. The van der Waals surface area contributed by atoms with E-state index in [-0.39, 0.29) is 6.42 Å². The quantitative estimate of drug-likeness (QED) is 0.811. The average molecular weight is 207 g/mol. The van der Waals surface area contributed by atoms with Gasteiger partial charge in [0.1, 0.15) is 0 Å². The number of amides is 1. The lowest BCUT2D eigenvalue weighted by atomic mass is 9.92. The van der Waals surface area contributed by atoms with E-state index < -0.39 is 11.6 Å². The fourth-order valence-electron chi connectivity index (χ4n) is 1.95. The molecular formula is C12H14FNO. The van der Waals surface area contributed by atoms with Crippen molar-refractivity contribution >= 4 is 11.6 Å². The highest BCUT2D eigenvalue weighted by molar-refractivity contribution is 6.04. The summed E-state index contributed by atoms with van der Waals surface area (Å²) in [6.45, 7) is 1.99. The van der Waals surface area contributed by atoms with Gasteiger partial charge in [-0.25, -0.2) is 4.39 Å². The third-order valence-electron chi connectivity index (χ3n) is 2.84. The summed E-state index contributed by atoms with van der Waals surface area (Å²) < 4.78 is 14.5. The van der Waals surface area contributed by atoms with Gasteiger partial charge < -0.3 is 5.32 Å². The number of carbonyl (C=O) groups excluding carboxylic acids is 1. The molecule has 80 valence electrons. The molecule has 2 rings (SSSR count). The monoisotopic (exact) mass is 207 g/mol. The Balaban J connectivity index is 2.36. The van der Waals surface area contributed by atoms with Gasteiger partial charge >= 0.3 is 0 Å². The number of rotatable bonds is 3. The molecule has 0 spiro atoms. The first-order valence-electron chi connectivity index (χ1n) is 5.28. The highest BCUT2D eigenvalue weighted by Crippen LogP contribution is 2.42. The number of para-hydroxylation sites is 1. The van der Waals surface area contributed by atoms with Crippen LogP contribution in [0.3, 0.4) is 0 Å². The Labute approximate surface area is 88.5 Å². The van der Waals surface area contributed by atoms with Crippen molar-refractivity contribution in [2.75, 3.05) is 5.32 Å². The van der Waals surface area contributed by atoms with Crippen LogP contribution in [0.2, 0.25) is 0 Å². The van der Waals surface area contributed by atoms with E-state index in [1.165, 1.54) is 0 Å². The van der Waals surface area contributed by atoms with Crippen molar-refractivity contribution in [2.45, 2.75) is 31.9 Å². The number of fused-ring (bicyclic) bond motifs is 1. The topological polar surface area (TPSA) is 29.1 Å². The molecule has 0 aliphatic carbocycles. The number of hydrogen-bond donors (Lipinski definition) is 1. The van der Waals surface area contributed by atoms with Crippen LogP contribution in [0, 0.1) is 0 Å². The molecule has 0 fully saturated rings. The summed E-state index contributed by atoms with van der Waals surface area (Å²) in [5, 5.41) is 2.58. The van der Waals surface area contributed by atoms with Crippen LogP contribution in [-0.2, 0) is 10.5 Å². The summed E-state index contributed by atoms with van der Waals surface area (Å²) in [7, 11) is 0. The number of hydrogen-bond acceptors (Lipinski definition) is 1. The van der Waals surface area contributed by atoms with Gasteiger partial charge in [-0.05, 0) is 18.9 Å². The van der Waals surface area contributed by atoms with E-state index in [0.717, 1.165) is 12.8 Å². The summed E-state index contributed by atoms with van der Waals surface area (Å²) in [5.74, 6) is -0.517. The molecule has 0 bridgehead atoms. The van der Waals surface area contributed by atoms with E-state index in [1.807, 2.05) is 6.92 Å². The maximum Gasteiger partial charge on any atom is 0.266 e. The first-order valence-corrected chi connectivity index (χ1v) is 5.28. The molecule has 2 nitrogen and oxygen atoms in total. The Bertz CT molecular complexity index is 391. The molecule has 0 saturated carbocycles. The number of anilines is 1. The Hall–Kier alpha value is -1.38. The van der Waals surface area contributed by atoms with E-state index in [0.29, 0.717) is 11.3 Å². The number of carbonyl (C=O) groups is 1. The van der Waals surface area contributed by atoms with E-state index in [2.05, 4.69) is 5.32 Å². The van der Waals surface area contributed by atoms with Crippen LogP contribution >= 0.6 is 0 Å². The molecule has 1 aromatic rings. The largest absolute Gasteiger partial charge is 0.323 e. The minimum absolute atomic E-state index is 0.270. The van der Waals surface area contributed by atoms with E-state index >= 15 is 0 Å². The standard InChI is InChI=1S/C12H14FNO/c1-2-3-8-12(13)9-6-4-5-7-10(9)14-11(12)15/h4-7H,2-3,8H2,1H3,(H,14,15). The molecule has 1 amide bonds. The molecule has 1 N–H and O–H groups in total. The summed E-state index contributed by atoms with van der Waals surface area (Å²) in [6.07, 6.45) is 1.88. The highest BCUT2D eigenvalue weighted by atomic mass is 19.1. The lowest BCUT2D eigenvalue weighted by molar-refractivity contribution is -0.127. The number of benzene rings is 1. The molecule has 0 radical (unpaired) electrons. The zero-order valence-electron chi connectivity index (χ0n) is 8.72. The van der Waals surface area contributed by atoms with Crippen molar-refractivity contribution in [3.63, 3.8) is 0 Å².